The Kier molecular flexibility index (Phi) is 3.57. The lowest BCUT2D eigenvalue weighted by Gasteiger charge is -2.16. The van der Waals surface area contributed by atoms with Crippen LogP contribution < -0.4 is 5.32 Å². The second kappa shape index (κ2) is 5.51. The Bertz CT molecular complexity index is 714. The van der Waals surface area contributed by atoms with E-state index in [0.29, 0.717) is 6.04 Å². The minimum Gasteiger partial charge on any atom is -0.464 e. The molecule has 1 unspecified atom stereocenters. The third-order valence-electron chi connectivity index (χ3n) is 3.81. The standard InChI is InChI=1S/C18H19NO/c1-13-7-3-4-8-16(13)14(2)19-11-15-12-20-18-10-6-5-9-17(15)18/h3-10,12,14,19H,11H2,1-2H3. The number of hydrogen-bond donors (Lipinski definition) is 1. The number of fused-ring (bicyclic) bond motifs is 1. The molecule has 102 valence electrons. The fraction of sp³-hybridized carbons (Fsp3) is 0.222. The number of rotatable bonds is 4. The van der Waals surface area contributed by atoms with Crippen LogP contribution in [0, 0.1) is 6.92 Å². The quantitative estimate of drug-likeness (QED) is 0.746. The second-order valence-electron chi connectivity index (χ2n) is 5.22. The molecule has 2 nitrogen and oxygen atoms in total. The van der Waals surface area contributed by atoms with Crippen LogP contribution in [-0.2, 0) is 6.54 Å². The Morgan fingerprint density at radius 1 is 1.05 bits per heavy atom. The first-order chi connectivity index (χ1) is 9.75. The predicted molar refractivity (Wildman–Crippen MR) is 82.6 cm³/mol. The molecule has 0 saturated heterocycles. The van der Waals surface area contributed by atoms with Gasteiger partial charge in [-0.25, -0.2) is 0 Å². The smallest absolute Gasteiger partial charge is 0.134 e. The van der Waals surface area contributed by atoms with E-state index in [4.69, 9.17) is 4.42 Å². The number of aryl methyl sites for hydroxylation is 1. The molecule has 0 bridgehead atoms. The molecule has 1 atom stereocenters. The predicted octanol–water partition coefficient (Wildman–Crippen LogP) is 4.59. The topological polar surface area (TPSA) is 25.2 Å². The van der Waals surface area contributed by atoms with Crippen LogP contribution in [0.25, 0.3) is 11.0 Å². The molecular weight excluding hydrogens is 246 g/mol. The Labute approximate surface area is 119 Å². The molecule has 0 amide bonds. The van der Waals surface area contributed by atoms with E-state index in [2.05, 4.69) is 49.5 Å². The number of nitrogens with one attached hydrogen (secondary N) is 1. The molecule has 1 heterocycles. The maximum absolute atomic E-state index is 5.57. The highest BCUT2D eigenvalue weighted by atomic mass is 16.3. The molecule has 0 fully saturated rings. The summed E-state index contributed by atoms with van der Waals surface area (Å²) >= 11 is 0. The van der Waals surface area contributed by atoms with Crippen molar-refractivity contribution in [1.82, 2.24) is 5.32 Å². The first-order valence-electron chi connectivity index (χ1n) is 7.00. The largest absolute Gasteiger partial charge is 0.464 e. The lowest BCUT2D eigenvalue weighted by Crippen LogP contribution is -2.18. The van der Waals surface area contributed by atoms with Crippen LogP contribution in [0.1, 0.15) is 29.7 Å². The molecule has 0 radical (unpaired) electrons. The minimum atomic E-state index is 0.324. The summed E-state index contributed by atoms with van der Waals surface area (Å²) in [7, 11) is 0. The third-order valence-corrected chi connectivity index (χ3v) is 3.81. The normalized spacial score (nSPS) is 12.7. The fourth-order valence-electron chi connectivity index (χ4n) is 2.62. The van der Waals surface area contributed by atoms with Crippen molar-refractivity contribution in [2.75, 3.05) is 0 Å². The lowest BCUT2D eigenvalue weighted by atomic mass is 10.0. The first kappa shape index (κ1) is 12.9. The van der Waals surface area contributed by atoms with E-state index in [1.165, 1.54) is 22.1 Å². The third kappa shape index (κ3) is 2.47. The van der Waals surface area contributed by atoms with Crippen molar-refractivity contribution < 1.29 is 4.42 Å². The molecule has 3 aromatic rings. The highest BCUT2D eigenvalue weighted by Crippen LogP contribution is 2.22. The van der Waals surface area contributed by atoms with E-state index in [1.807, 2.05) is 24.5 Å². The summed E-state index contributed by atoms with van der Waals surface area (Å²) in [5.74, 6) is 0. The van der Waals surface area contributed by atoms with E-state index in [1.54, 1.807) is 0 Å². The molecule has 0 saturated carbocycles. The van der Waals surface area contributed by atoms with Gasteiger partial charge in [0.05, 0.1) is 6.26 Å². The first-order valence-corrected chi connectivity index (χ1v) is 7.00. The van der Waals surface area contributed by atoms with Crippen molar-refractivity contribution in [2.45, 2.75) is 26.4 Å². The van der Waals surface area contributed by atoms with Crippen LogP contribution in [0.5, 0.6) is 0 Å². The van der Waals surface area contributed by atoms with Gasteiger partial charge in [-0.15, -0.1) is 0 Å². The summed E-state index contributed by atoms with van der Waals surface area (Å²) < 4.78 is 5.57. The average molecular weight is 265 g/mol. The van der Waals surface area contributed by atoms with E-state index in [9.17, 15) is 0 Å². The van der Waals surface area contributed by atoms with Crippen molar-refractivity contribution in [2.24, 2.45) is 0 Å². The monoisotopic (exact) mass is 265 g/mol. The van der Waals surface area contributed by atoms with E-state index in [0.717, 1.165) is 12.1 Å². The molecule has 0 aliphatic heterocycles. The van der Waals surface area contributed by atoms with Crippen molar-refractivity contribution in [3.05, 3.63) is 71.5 Å². The Balaban J connectivity index is 1.75. The summed E-state index contributed by atoms with van der Waals surface area (Å²) in [4.78, 5) is 0. The molecule has 0 spiro atoms. The van der Waals surface area contributed by atoms with Gasteiger partial charge in [-0.3, -0.25) is 0 Å². The van der Waals surface area contributed by atoms with Gasteiger partial charge in [-0.1, -0.05) is 42.5 Å². The van der Waals surface area contributed by atoms with Gasteiger partial charge >= 0.3 is 0 Å². The van der Waals surface area contributed by atoms with Crippen LogP contribution in [0.15, 0.2) is 59.2 Å². The van der Waals surface area contributed by atoms with Gasteiger partial charge in [0.15, 0.2) is 0 Å². The summed E-state index contributed by atoms with van der Waals surface area (Å²) in [5, 5.41) is 4.77. The van der Waals surface area contributed by atoms with Gasteiger partial charge in [0, 0.05) is 23.5 Å². The van der Waals surface area contributed by atoms with Crippen LogP contribution in [-0.4, -0.2) is 0 Å². The molecule has 3 rings (SSSR count). The Hall–Kier alpha value is -2.06. The van der Waals surface area contributed by atoms with Crippen molar-refractivity contribution >= 4 is 11.0 Å². The molecule has 0 aliphatic rings. The molecule has 2 heteroatoms. The van der Waals surface area contributed by atoms with Crippen LogP contribution in [0.2, 0.25) is 0 Å². The van der Waals surface area contributed by atoms with Crippen molar-refractivity contribution in [3.63, 3.8) is 0 Å². The van der Waals surface area contributed by atoms with E-state index in [-0.39, 0.29) is 0 Å². The molecule has 0 aliphatic carbocycles. The minimum absolute atomic E-state index is 0.324. The lowest BCUT2D eigenvalue weighted by molar-refractivity contribution is 0.560. The summed E-state index contributed by atoms with van der Waals surface area (Å²) in [6, 6.07) is 17.0. The molecule has 1 N–H and O–H groups in total. The zero-order valence-corrected chi connectivity index (χ0v) is 11.9. The summed E-state index contributed by atoms with van der Waals surface area (Å²) in [5.41, 5.74) is 4.83. The average Bonchev–Trinajstić information content (AvgIpc) is 2.88. The maximum atomic E-state index is 5.57. The number of furan rings is 1. The van der Waals surface area contributed by atoms with Crippen LogP contribution in [0.3, 0.4) is 0 Å². The van der Waals surface area contributed by atoms with Crippen LogP contribution >= 0.6 is 0 Å². The zero-order chi connectivity index (χ0) is 13.9. The summed E-state index contributed by atoms with van der Waals surface area (Å²) in [6.07, 6.45) is 1.85. The van der Waals surface area contributed by atoms with Crippen molar-refractivity contribution in [3.8, 4) is 0 Å². The molecular formula is C18H19NO. The fourth-order valence-corrected chi connectivity index (χ4v) is 2.62. The Morgan fingerprint density at radius 2 is 1.80 bits per heavy atom. The van der Waals surface area contributed by atoms with Gasteiger partial charge in [-0.2, -0.15) is 0 Å². The maximum Gasteiger partial charge on any atom is 0.134 e. The number of para-hydroxylation sites is 1. The highest BCUT2D eigenvalue weighted by Gasteiger charge is 2.09. The van der Waals surface area contributed by atoms with Crippen molar-refractivity contribution in [1.29, 1.82) is 0 Å². The van der Waals surface area contributed by atoms with Gasteiger partial charge in [0.25, 0.3) is 0 Å². The number of hydrogen-bond acceptors (Lipinski definition) is 2. The van der Waals surface area contributed by atoms with E-state index >= 15 is 0 Å². The van der Waals surface area contributed by atoms with Gasteiger partial charge in [-0.05, 0) is 31.0 Å². The van der Waals surface area contributed by atoms with Gasteiger partial charge < -0.3 is 9.73 Å². The zero-order valence-electron chi connectivity index (χ0n) is 11.9. The van der Waals surface area contributed by atoms with Crippen LogP contribution in [0.4, 0.5) is 0 Å². The number of benzene rings is 2. The molecule has 1 aromatic heterocycles. The highest BCUT2D eigenvalue weighted by molar-refractivity contribution is 5.80. The van der Waals surface area contributed by atoms with Gasteiger partial charge in [0.2, 0.25) is 0 Å². The summed E-state index contributed by atoms with van der Waals surface area (Å²) in [6.45, 7) is 5.16. The molecule has 2 aromatic carbocycles. The van der Waals surface area contributed by atoms with E-state index < -0.39 is 0 Å². The second-order valence-corrected chi connectivity index (χ2v) is 5.22. The SMILES string of the molecule is Cc1ccccc1C(C)NCc1coc2ccccc12. The van der Waals surface area contributed by atoms with Gasteiger partial charge in [0.1, 0.15) is 5.58 Å². The molecule has 20 heavy (non-hydrogen) atoms. The Morgan fingerprint density at radius 3 is 2.65 bits per heavy atom.